The van der Waals surface area contributed by atoms with Crippen LogP contribution in [0.1, 0.15) is 28.8 Å². The number of oxazole rings is 1. The Labute approximate surface area is 145 Å². The second-order valence-electron chi connectivity index (χ2n) is 6.84. The van der Waals surface area contributed by atoms with Crippen LogP contribution in [0.2, 0.25) is 0 Å². The number of nitrogens with zero attached hydrogens (tertiary/aromatic N) is 2. The molecule has 25 heavy (non-hydrogen) atoms. The first-order chi connectivity index (χ1) is 12.3. The first kappa shape index (κ1) is 14.7. The largest absolute Gasteiger partial charge is 0.443 e. The number of hydrogen-bond donors (Lipinski definition) is 0. The zero-order chi connectivity index (χ0) is 16.9. The van der Waals surface area contributed by atoms with E-state index in [0.29, 0.717) is 17.7 Å². The number of carbonyl (C=O) groups excluding carboxylic acids is 1. The number of ether oxygens (including phenoxy) is 1. The highest BCUT2D eigenvalue weighted by Crippen LogP contribution is 2.47. The lowest BCUT2D eigenvalue weighted by molar-refractivity contribution is 0.0547. The lowest BCUT2D eigenvalue weighted by atomic mass is 9.76. The SMILES string of the molecule is O=C(c1ccc2ncoc2c1)N1CC2(CCOCC2)c2ccccc21. The molecule has 126 valence electrons. The Balaban J connectivity index is 1.56. The Hall–Kier alpha value is -2.66. The van der Waals surface area contributed by atoms with Crippen LogP contribution in [-0.2, 0) is 10.2 Å². The number of para-hydroxylation sites is 1. The van der Waals surface area contributed by atoms with Gasteiger partial charge in [-0.15, -0.1) is 0 Å². The molecule has 5 heteroatoms. The Kier molecular flexibility index (Phi) is 3.18. The average Bonchev–Trinajstić information content (AvgIpc) is 3.25. The Morgan fingerprint density at radius 3 is 2.84 bits per heavy atom. The number of fused-ring (bicyclic) bond motifs is 3. The van der Waals surface area contributed by atoms with Gasteiger partial charge in [-0.05, 0) is 42.7 Å². The van der Waals surface area contributed by atoms with E-state index in [1.165, 1.54) is 12.0 Å². The Morgan fingerprint density at radius 2 is 1.96 bits per heavy atom. The average molecular weight is 334 g/mol. The van der Waals surface area contributed by atoms with Gasteiger partial charge in [0.2, 0.25) is 0 Å². The second-order valence-corrected chi connectivity index (χ2v) is 6.84. The molecule has 0 bridgehead atoms. The van der Waals surface area contributed by atoms with E-state index in [9.17, 15) is 4.79 Å². The van der Waals surface area contributed by atoms with E-state index in [4.69, 9.17) is 9.15 Å². The molecule has 1 amide bonds. The molecule has 1 spiro atoms. The summed E-state index contributed by atoms with van der Waals surface area (Å²) in [4.78, 5) is 19.3. The van der Waals surface area contributed by atoms with E-state index in [1.54, 1.807) is 6.07 Å². The van der Waals surface area contributed by atoms with E-state index >= 15 is 0 Å². The van der Waals surface area contributed by atoms with E-state index in [1.807, 2.05) is 29.2 Å². The summed E-state index contributed by atoms with van der Waals surface area (Å²) in [6, 6.07) is 13.7. The van der Waals surface area contributed by atoms with Gasteiger partial charge in [0.15, 0.2) is 12.0 Å². The third-order valence-corrected chi connectivity index (χ3v) is 5.50. The summed E-state index contributed by atoms with van der Waals surface area (Å²) in [6.45, 7) is 2.21. The van der Waals surface area contributed by atoms with Gasteiger partial charge in [0.25, 0.3) is 5.91 Å². The van der Waals surface area contributed by atoms with Crippen LogP contribution in [-0.4, -0.2) is 30.6 Å². The standard InChI is InChI=1S/C20H18N2O3/c23-19(14-5-6-16-18(11-14)25-13-21-16)22-12-20(7-9-24-10-8-20)15-3-1-2-4-17(15)22/h1-6,11,13H,7-10,12H2. The van der Waals surface area contributed by atoms with Gasteiger partial charge in [0.1, 0.15) is 5.52 Å². The van der Waals surface area contributed by atoms with Gasteiger partial charge in [0.05, 0.1) is 0 Å². The normalized spacial score (nSPS) is 18.6. The van der Waals surface area contributed by atoms with Crippen molar-refractivity contribution in [1.82, 2.24) is 4.98 Å². The van der Waals surface area contributed by atoms with Crippen LogP contribution in [0.25, 0.3) is 11.1 Å². The maximum atomic E-state index is 13.2. The van der Waals surface area contributed by atoms with Crippen molar-refractivity contribution in [3.05, 3.63) is 60.0 Å². The molecule has 1 saturated heterocycles. The molecule has 3 aromatic rings. The highest BCUT2D eigenvalue weighted by molar-refractivity contribution is 6.09. The minimum absolute atomic E-state index is 0.00844. The first-order valence-electron chi connectivity index (χ1n) is 8.59. The van der Waals surface area contributed by atoms with Crippen molar-refractivity contribution in [2.75, 3.05) is 24.7 Å². The van der Waals surface area contributed by atoms with Crippen LogP contribution in [0.4, 0.5) is 5.69 Å². The maximum Gasteiger partial charge on any atom is 0.258 e. The van der Waals surface area contributed by atoms with E-state index < -0.39 is 0 Å². The number of aromatic nitrogens is 1. The minimum Gasteiger partial charge on any atom is -0.443 e. The minimum atomic E-state index is 0.00844. The Bertz CT molecular complexity index is 956. The molecule has 0 unspecified atom stereocenters. The molecule has 0 aliphatic carbocycles. The van der Waals surface area contributed by atoms with Gasteiger partial charge in [0, 0.05) is 36.4 Å². The summed E-state index contributed by atoms with van der Waals surface area (Å²) < 4.78 is 10.9. The molecule has 0 N–H and O–H groups in total. The smallest absolute Gasteiger partial charge is 0.258 e. The topological polar surface area (TPSA) is 55.6 Å². The van der Waals surface area contributed by atoms with Crippen LogP contribution in [0.3, 0.4) is 0 Å². The van der Waals surface area contributed by atoms with E-state index in [-0.39, 0.29) is 11.3 Å². The third-order valence-electron chi connectivity index (χ3n) is 5.50. The van der Waals surface area contributed by atoms with Crippen LogP contribution in [0.5, 0.6) is 0 Å². The molecule has 1 aromatic heterocycles. The van der Waals surface area contributed by atoms with Crippen LogP contribution in [0.15, 0.2) is 53.3 Å². The van der Waals surface area contributed by atoms with Crippen LogP contribution in [0, 0.1) is 0 Å². The van der Waals surface area contributed by atoms with E-state index in [0.717, 1.165) is 37.3 Å². The van der Waals surface area contributed by atoms with Gasteiger partial charge in [-0.3, -0.25) is 4.79 Å². The number of carbonyl (C=O) groups is 1. The zero-order valence-corrected chi connectivity index (χ0v) is 13.8. The number of amides is 1. The van der Waals surface area contributed by atoms with E-state index in [2.05, 4.69) is 17.1 Å². The molecule has 2 aromatic carbocycles. The Morgan fingerprint density at radius 1 is 1.12 bits per heavy atom. The predicted molar refractivity (Wildman–Crippen MR) is 93.9 cm³/mol. The quantitative estimate of drug-likeness (QED) is 0.683. The van der Waals surface area contributed by atoms with Crippen molar-refractivity contribution < 1.29 is 13.9 Å². The molecule has 2 aliphatic rings. The summed E-state index contributed by atoms with van der Waals surface area (Å²) in [7, 11) is 0. The number of rotatable bonds is 1. The predicted octanol–water partition coefficient (Wildman–Crippen LogP) is 3.54. The molecule has 5 nitrogen and oxygen atoms in total. The fourth-order valence-electron chi connectivity index (χ4n) is 4.15. The van der Waals surface area contributed by atoms with Crippen molar-refractivity contribution in [1.29, 1.82) is 0 Å². The molecule has 0 radical (unpaired) electrons. The van der Waals surface area contributed by atoms with Gasteiger partial charge in [-0.2, -0.15) is 0 Å². The second kappa shape index (κ2) is 5.43. The molecule has 0 saturated carbocycles. The van der Waals surface area contributed by atoms with Crippen molar-refractivity contribution in [2.45, 2.75) is 18.3 Å². The monoisotopic (exact) mass is 334 g/mol. The highest BCUT2D eigenvalue weighted by Gasteiger charge is 2.45. The van der Waals surface area contributed by atoms with Crippen molar-refractivity contribution in [2.24, 2.45) is 0 Å². The number of anilines is 1. The molecule has 5 rings (SSSR count). The van der Waals surface area contributed by atoms with Crippen LogP contribution < -0.4 is 4.90 Å². The summed E-state index contributed by atoms with van der Waals surface area (Å²) >= 11 is 0. The van der Waals surface area contributed by atoms with Gasteiger partial charge in [-0.25, -0.2) is 4.98 Å². The van der Waals surface area contributed by atoms with Crippen molar-refractivity contribution in [3.63, 3.8) is 0 Å². The third kappa shape index (κ3) is 2.19. The summed E-state index contributed by atoms with van der Waals surface area (Å²) in [5.41, 5.74) is 4.34. The highest BCUT2D eigenvalue weighted by atomic mass is 16.5. The van der Waals surface area contributed by atoms with Gasteiger partial charge >= 0.3 is 0 Å². The van der Waals surface area contributed by atoms with Crippen LogP contribution >= 0.6 is 0 Å². The van der Waals surface area contributed by atoms with Crippen molar-refractivity contribution >= 4 is 22.7 Å². The molecule has 1 fully saturated rings. The van der Waals surface area contributed by atoms with Gasteiger partial charge < -0.3 is 14.1 Å². The molecular weight excluding hydrogens is 316 g/mol. The summed E-state index contributed by atoms with van der Waals surface area (Å²) in [6.07, 6.45) is 3.31. The summed E-state index contributed by atoms with van der Waals surface area (Å²) in [5.74, 6) is 0.00844. The summed E-state index contributed by atoms with van der Waals surface area (Å²) in [5, 5.41) is 0. The molecular formula is C20H18N2O3. The maximum absolute atomic E-state index is 13.2. The number of benzene rings is 2. The molecule has 0 atom stereocenters. The lowest BCUT2D eigenvalue weighted by Crippen LogP contribution is -2.40. The fraction of sp³-hybridized carbons (Fsp3) is 0.300. The van der Waals surface area contributed by atoms with Crippen molar-refractivity contribution in [3.8, 4) is 0 Å². The molecule has 2 aliphatic heterocycles. The molecule has 3 heterocycles. The lowest BCUT2D eigenvalue weighted by Gasteiger charge is -2.34. The number of hydrogen-bond acceptors (Lipinski definition) is 4. The fourth-order valence-corrected chi connectivity index (χ4v) is 4.15. The van der Waals surface area contributed by atoms with Gasteiger partial charge in [-0.1, -0.05) is 18.2 Å². The zero-order valence-electron chi connectivity index (χ0n) is 13.8. The first-order valence-corrected chi connectivity index (χ1v) is 8.59.